The van der Waals surface area contributed by atoms with Crippen molar-refractivity contribution < 1.29 is 4.74 Å². The molecule has 13 heavy (non-hydrogen) atoms. The Kier molecular flexibility index (Phi) is 3.39. The Bertz CT molecular complexity index is 310. The van der Waals surface area contributed by atoms with E-state index in [1.54, 1.807) is 7.11 Å². The Labute approximate surface area is 87.5 Å². The molecule has 1 aromatic carbocycles. The van der Waals surface area contributed by atoms with E-state index >= 15 is 0 Å². The Morgan fingerprint density at radius 3 is 2.46 bits per heavy atom. The number of rotatable bonds is 2. The van der Waals surface area contributed by atoms with Gasteiger partial charge in [-0.3, -0.25) is 0 Å². The van der Waals surface area contributed by atoms with E-state index in [1.165, 1.54) is 10.8 Å². The molecular weight excluding hydrogens is 200 g/mol. The Morgan fingerprint density at radius 2 is 2.00 bits per heavy atom. The Balaban J connectivity index is 3.22. The molecule has 0 heterocycles. The van der Waals surface area contributed by atoms with Crippen LogP contribution in [0.25, 0.3) is 0 Å². The summed E-state index contributed by atoms with van der Waals surface area (Å²) in [6, 6.07) is 4.07. The zero-order chi connectivity index (χ0) is 10.0. The molecule has 0 saturated heterocycles. The van der Waals surface area contributed by atoms with Gasteiger partial charge in [-0.25, -0.2) is 0 Å². The quantitative estimate of drug-likeness (QED) is 0.678. The first kappa shape index (κ1) is 10.6. The lowest BCUT2D eigenvalue weighted by molar-refractivity contribution is 0.414. The number of methoxy groups -OCH3 is 1. The van der Waals surface area contributed by atoms with Gasteiger partial charge in [-0.15, -0.1) is 0 Å². The van der Waals surface area contributed by atoms with Crippen LogP contribution in [0.1, 0.15) is 25.3 Å². The van der Waals surface area contributed by atoms with Crippen LogP contribution in [0.4, 0.5) is 0 Å². The number of benzene rings is 1. The highest BCUT2D eigenvalue weighted by atomic mass is 35.5. The fraction of sp³-hybridized carbons (Fsp3) is 0.400. The summed E-state index contributed by atoms with van der Waals surface area (Å²) in [4.78, 5) is 0. The van der Waals surface area contributed by atoms with Crippen molar-refractivity contribution in [2.75, 3.05) is 7.11 Å². The summed E-state index contributed by atoms with van der Waals surface area (Å²) in [6.45, 7) is 4.37. The van der Waals surface area contributed by atoms with E-state index in [0.717, 1.165) is 21.0 Å². The van der Waals surface area contributed by atoms with Crippen molar-refractivity contribution in [3.63, 3.8) is 0 Å². The molecule has 0 aromatic heterocycles. The second-order valence-electron chi connectivity index (χ2n) is 3.50. The van der Waals surface area contributed by atoms with E-state index in [9.17, 15) is 0 Å². The second-order valence-corrected chi connectivity index (χ2v) is 4.98. The molecule has 0 aliphatic rings. The summed E-state index contributed by atoms with van der Waals surface area (Å²) in [5, 5.41) is 2.08. The van der Waals surface area contributed by atoms with Crippen molar-refractivity contribution in [3.05, 3.63) is 22.7 Å². The topological polar surface area (TPSA) is 9.23 Å². The van der Waals surface area contributed by atoms with E-state index < -0.39 is 0 Å². The molecule has 3 heteroatoms. The summed E-state index contributed by atoms with van der Waals surface area (Å²) < 4.78 is 5.17. The van der Waals surface area contributed by atoms with Gasteiger partial charge in [0.05, 0.1) is 12.1 Å². The molecule has 0 fully saturated rings. The first-order valence-corrected chi connectivity index (χ1v) is 5.78. The van der Waals surface area contributed by atoms with Crippen molar-refractivity contribution in [3.8, 4) is 5.75 Å². The standard InChI is InChI=1S/C10H15ClOSi/c1-6(2)7-4-9(12-3)8(11)5-10(7)13/h4-6H,1-3,13H3. The fourth-order valence-corrected chi connectivity index (χ4v) is 2.94. The van der Waals surface area contributed by atoms with Gasteiger partial charge in [-0.05, 0) is 23.6 Å². The number of halogens is 1. The van der Waals surface area contributed by atoms with Crippen molar-refractivity contribution in [2.24, 2.45) is 0 Å². The molecule has 72 valence electrons. The van der Waals surface area contributed by atoms with Crippen LogP contribution in [0.2, 0.25) is 5.02 Å². The van der Waals surface area contributed by atoms with E-state index in [2.05, 4.69) is 19.9 Å². The van der Waals surface area contributed by atoms with Gasteiger partial charge in [0, 0.05) is 10.2 Å². The monoisotopic (exact) mass is 214 g/mol. The molecule has 0 radical (unpaired) electrons. The van der Waals surface area contributed by atoms with Gasteiger partial charge in [-0.1, -0.05) is 30.6 Å². The molecule has 1 aromatic rings. The lowest BCUT2D eigenvalue weighted by Gasteiger charge is -2.12. The molecule has 0 spiro atoms. The number of ether oxygens (including phenoxy) is 1. The van der Waals surface area contributed by atoms with Crippen LogP contribution in [-0.4, -0.2) is 17.4 Å². The maximum Gasteiger partial charge on any atom is 0.137 e. The molecule has 0 N–H and O–H groups in total. The molecule has 0 unspecified atom stereocenters. The highest BCUT2D eigenvalue weighted by Crippen LogP contribution is 2.26. The van der Waals surface area contributed by atoms with Crippen molar-refractivity contribution >= 4 is 27.0 Å². The molecule has 0 atom stereocenters. The largest absolute Gasteiger partial charge is 0.495 e. The van der Waals surface area contributed by atoms with E-state index in [-0.39, 0.29) is 0 Å². The van der Waals surface area contributed by atoms with Gasteiger partial charge >= 0.3 is 0 Å². The maximum absolute atomic E-state index is 6.00. The zero-order valence-electron chi connectivity index (χ0n) is 8.52. The third kappa shape index (κ3) is 2.26. The smallest absolute Gasteiger partial charge is 0.137 e. The summed E-state index contributed by atoms with van der Waals surface area (Å²) in [6.07, 6.45) is 0. The highest BCUT2D eigenvalue weighted by Gasteiger charge is 2.08. The van der Waals surface area contributed by atoms with Crippen LogP contribution in [0.15, 0.2) is 12.1 Å². The maximum atomic E-state index is 6.00. The van der Waals surface area contributed by atoms with Crippen LogP contribution in [-0.2, 0) is 0 Å². The Hall–Kier alpha value is -0.473. The lowest BCUT2D eigenvalue weighted by Crippen LogP contribution is -2.12. The molecule has 0 saturated carbocycles. The molecule has 0 bridgehead atoms. The van der Waals surface area contributed by atoms with E-state index in [1.807, 2.05) is 6.07 Å². The molecule has 0 aliphatic heterocycles. The average molecular weight is 215 g/mol. The van der Waals surface area contributed by atoms with Crippen LogP contribution in [0.5, 0.6) is 5.75 Å². The van der Waals surface area contributed by atoms with E-state index in [4.69, 9.17) is 16.3 Å². The molecule has 0 amide bonds. The third-order valence-electron chi connectivity index (χ3n) is 2.16. The predicted molar refractivity (Wildman–Crippen MR) is 61.7 cm³/mol. The number of hydrogen-bond acceptors (Lipinski definition) is 1. The minimum atomic E-state index is 0.540. The summed E-state index contributed by atoms with van der Waals surface area (Å²) >= 11 is 6.00. The van der Waals surface area contributed by atoms with Gasteiger partial charge in [0.25, 0.3) is 0 Å². The van der Waals surface area contributed by atoms with Gasteiger partial charge in [0.2, 0.25) is 0 Å². The minimum Gasteiger partial charge on any atom is -0.495 e. The molecule has 1 nitrogen and oxygen atoms in total. The van der Waals surface area contributed by atoms with Gasteiger partial charge in [0.15, 0.2) is 0 Å². The van der Waals surface area contributed by atoms with Crippen LogP contribution >= 0.6 is 11.6 Å². The third-order valence-corrected chi connectivity index (χ3v) is 3.32. The average Bonchev–Trinajstić information content (AvgIpc) is 2.03. The highest BCUT2D eigenvalue weighted by molar-refractivity contribution is 6.37. The summed E-state index contributed by atoms with van der Waals surface area (Å²) in [5.41, 5.74) is 1.35. The first-order chi connectivity index (χ1) is 6.06. The molecular formula is C10H15ClOSi. The van der Waals surface area contributed by atoms with Crippen LogP contribution in [0, 0.1) is 0 Å². The van der Waals surface area contributed by atoms with Gasteiger partial charge in [-0.2, -0.15) is 0 Å². The zero-order valence-corrected chi connectivity index (χ0v) is 11.3. The first-order valence-electron chi connectivity index (χ1n) is 4.40. The summed E-state index contributed by atoms with van der Waals surface area (Å²) in [5.74, 6) is 1.32. The van der Waals surface area contributed by atoms with Crippen LogP contribution in [0.3, 0.4) is 0 Å². The van der Waals surface area contributed by atoms with Gasteiger partial charge < -0.3 is 4.74 Å². The normalized spacial score (nSPS) is 10.8. The predicted octanol–water partition coefficient (Wildman–Crippen LogP) is 1.46. The Morgan fingerprint density at radius 1 is 1.38 bits per heavy atom. The molecule has 0 aliphatic carbocycles. The number of hydrogen-bond donors (Lipinski definition) is 0. The van der Waals surface area contributed by atoms with Crippen molar-refractivity contribution in [1.82, 2.24) is 0 Å². The molecule has 1 rings (SSSR count). The minimum absolute atomic E-state index is 0.540. The van der Waals surface area contributed by atoms with Gasteiger partial charge in [0.1, 0.15) is 5.75 Å². The fourth-order valence-electron chi connectivity index (χ4n) is 1.45. The van der Waals surface area contributed by atoms with E-state index in [0.29, 0.717) is 5.92 Å². The lowest BCUT2D eigenvalue weighted by atomic mass is 10.0. The van der Waals surface area contributed by atoms with Crippen LogP contribution < -0.4 is 9.92 Å². The van der Waals surface area contributed by atoms with Crippen molar-refractivity contribution in [1.29, 1.82) is 0 Å². The summed E-state index contributed by atoms with van der Waals surface area (Å²) in [7, 11) is 2.68. The second kappa shape index (κ2) is 4.16. The van der Waals surface area contributed by atoms with Crippen molar-refractivity contribution in [2.45, 2.75) is 19.8 Å². The SMILES string of the molecule is COc1cc(C(C)C)c([SiH3])cc1Cl.